The monoisotopic (exact) mass is 328 g/mol. The van der Waals surface area contributed by atoms with E-state index in [2.05, 4.69) is 43.2 Å². The minimum atomic E-state index is 0.527. The summed E-state index contributed by atoms with van der Waals surface area (Å²) in [5.74, 6) is 2.83. The maximum absolute atomic E-state index is 4.71. The molecular weight excluding hydrogens is 304 g/mol. The average molecular weight is 328 g/mol. The summed E-state index contributed by atoms with van der Waals surface area (Å²) in [5.41, 5.74) is 0. The molecule has 0 spiro atoms. The maximum Gasteiger partial charge on any atom is 0.194 e. The lowest BCUT2D eigenvalue weighted by atomic mass is 10.3. The van der Waals surface area contributed by atoms with E-state index in [9.17, 15) is 0 Å². The number of aromatic nitrogens is 4. The number of aryl methyl sites for hydroxylation is 1. The Hall–Kier alpha value is -2.64. The van der Waals surface area contributed by atoms with Crippen LogP contribution in [0.5, 0.6) is 0 Å². The van der Waals surface area contributed by atoms with E-state index in [1.165, 1.54) is 0 Å². The SMILES string of the molecule is CCNC(=NCc1ncnn1C)N1CCN(c2ccccn2)CC1. The first-order chi connectivity index (χ1) is 11.8. The zero-order valence-electron chi connectivity index (χ0n) is 14.3. The molecule has 0 unspecified atom stereocenters. The van der Waals surface area contributed by atoms with Gasteiger partial charge in [-0.1, -0.05) is 6.07 Å². The number of nitrogens with zero attached hydrogens (tertiary/aromatic N) is 7. The highest BCUT2D eigenvalue weighted by Crippen LogP contribution is 2.12. The lowest BCUT2D eigenvalue weighted by Crippen LogP contribution is -2.52. The van der Waals surface area contributed by atoms with Crippen molar-refractivity contribution in [3.05, 3.63) is 36.5 Å². The van der Waals surface area contributed by atoms with Gasteiger partial charge in [-0.25, -0.2) is 15.0 Å². The van der Waals surface area contributed by atoms with Crippen molar-refractivity contribution in [2.45, 2.75) is 13.5 Å². The van der Waals surface area contributed by atoms with Crippen LogP contribution in [0.15, 0.2) is 35.7 Å². The van der Waals surface area contributed by atoms with Crippen molar-refractivity contribution in [2.75, 3.05) is 37.6 Å². The summed E-state index contributed by atoms with van der Waals surface area (Å²) in [5, 5.41) is 7.46. The Morgan fingerprint density at radius 3 is 2.67 bits per heavy atom. The number of piperazine rings is 1. The number of guanidine groups is 1. The number of hydrogen-bond donors (Lipinski definition) is 1. The summed E-state index contributed by atoms with van der Waals surface area (Å²) < 4.78 is 1.76. The van der Waals surface area contributed by atoms with E-state index >= 15 is 0 Å². The topological polar surface area (TPSA) is 74.5 Å². The predicted molar refractivity (Wildman–Crippen MR) is 93.8 cm³/mol. The van der Waals surface area contributed by atoms with Crippen LogP contribution in [0.1, 0.15) is 12.7 Å². The van der Waals surface area contributed by atoms with Crippen LogP contribution in [0.4, 0.5) is 5.82 Å². The first-order valence-corrected chi connectivity index (χ1v) is 8.30. The van der Waals surface area contributed by atoms with Gasteiger partial charge in [-0.2, -0.15) is 5.10 Å². The predicted octanol–water partition coefficient (Wildman–Crippen LogP) is 0.498. The lowest BCUT2D eigenvalue weighted by molar-refractivity contribution is 0.371. The Morgan fingerprint density at radius 2 is 2.04 bits per heavy atom. The molecule has 2 aromatic rings. The molecule has 128 valence electrons. The van der Waals surface area contributed by atoms with Gasteiger partial charge in [0.2, 0.25) is 0 Å². The van der Waals surface area contributed by atoms with Gasteiger partial charge in [-0.3, -0.25) is 4.68 Å². The number of nitrogens with one attached hydrogen (secondary N) is 1. The third-order valence-corrected chi connectivity index (χ3v) is 4.06. The molecule has 1 aliphatic rings. The van der Waals surface area contributed by atoms with Crippen molar-refractivity contribution in [1.29, 1.82) is 0 Å². The first-order valence-electron chi connectivity index (χ1n) is 8.30. The molecule has 0 amide bonds. The molecule has 3 heterocycles. The smallest absolute Gasteiger partial charge is 0.194 e. The number of anilines is 1. The lowest BCUT2D eigenvalue weighted by Gasteiger charge is -2.37. The normalized spacial score (nSPS) is 15.7. The molecule has 1 saturated heterocycles. The van der Waals surface area contributed by atoms with Crippen molar-refractivity contribution < 1.29 is 0 Å². The van der Waals surface area contributed by atoms with Gasteiger partial charge in [0.15, 0.2) is 5.96 Å². The average Bonchev–Trinajstić information content (AvgIpc) is 3.04. The van der Waals surface area contributed by atoms with Crippen LogP contribution >= 0.6 is 0 Å². The summed E-state index contributed by atoms with van der Waals surface area (Å²) in [6, 6.07) is 6.03. The fourth-order valence-electron chi connectivity index (χ4n) is 2.72. The van der Waals surface area contributed by atoms with E-state index in [0.717, 1.165) is 50.3 Å². The second kappa shape index (κ2) is 7.76. The molecule has 0 saturated carbocycles. The van der Waals surface area contributed by atoms with Gasteiger partial charge in [0.25, 0.3) is 0 Å². The number of pyridine rings is 1. The van der Waals surface area contributed by atoms with Crippen LogP contribution in [0.3, 0.4) is 0 Å². The molecular formula is C16H24N8. The van der Waals surface area contributed by atoms with Gasteiger partial charge in [0.05, 0.1) is 0 Å². The standard InChI is InChI=1S/C16H24N8/c1-3-17-16(19-12-15-20-13-21-22(15)2)24-10-8-23(9-11-24)14-6-4-5-7-18-14/h4-7,13H,3,8-12H2,1-2H3,(H,17,19). The minimum Gasteiger partial charge on any atom is -0.357 e. The van der Waals surface area contributed by atoms with Crippen LogP contribution in [0.2, 0.25) is 0 Å². The highest BCUT2D eigenvalue weighted by Gasteiger charge is 2.20. The summed E-state index contributed by atoms with van der Waals surface area (Å²) in [7, 11) is 1.89. The summed E-state index contributed by atoms with van der Waals surface area (Å²) >= 11 is 0. The van der Waals surface area contributed by atoms with E-state index in [4.69, 9.17) is 4.99 Å². The molecule has 1 N–H and O–H groups in total. The number of aliphatic imine (C=N–C) groups is 1. The van der Waals surface area contributed by atoms with Crippen LogP contribution in [0.25, 0.3) is 0 Å². The van der Waals surface area contributed by atoms with Crippen LogP contribution in [0, 0.1) is 0 Å². The highest BCUT2D eigenvalue weighted by molar-refractivity contribution is 5.80. The maximum atomic E-state index is 4.71. The number of rotatable bonds is 4. The molecule has 1 aliphatic heterocycles. The Balaban J connectivity index is 1.62. The zero-order chi connectivity index (χ0) is 16.8. The second-order valence-electron chi connectivity index (χ2n) is 5.63. The van der Waals surface area contributed by atoms with Crippen molar-refractivity contribution >= 4 is 11.8 Å². The largest absolute Gasteiger partial charge is 0.357 e. The molecule has 3 rings (SSSR count). The van der Waals surface area contributed by atoms with Gasteiger partial charge in [0.1, 0.15) is 24.5 Å². The Labute approximate surface area is 142 Å². The van der Waals surface area contributed by atoms with Gasteiger partial charge in [0, 0.05) is 46.0 Å². The van der Waals surface area contributed by atoms with Crippen molar-refractivity contribution in [1.82, 2.24) is 30.0 Å². The first kappa shape index (κ1) is 16.2. The molecule has 8 heteroatoms. The fraction of sp³-hybridized carbons (Fsp3) is 0.500. The summed E-state index contributed by atoms with van der Waals surface area (Å²) in [4.78, 5) is 18.0. The van der Waals surface area contributed by atoms with Crippen LogP contribution in [-0.2, 0) is 13.6 Å². The Kier molecular flexibility index (Phi) is 5.25. The van der Waals surface area contributed by atoms with Gasteiger partial charge in [-0.05, 0) is 19.1 Å². The van der Waals surface area contributed by atoms with Crippen LogP contribution < -0.4 is 10.2 Å². The third kappa shape index (κ3) is 3.81. The van der Waals surface area contributed by atoms with Crippen molar-refractivity contribution in [3.63, 3.8) is 0 Å². The van der Waals surface area contributed by atoms with E-state index in [1.54, 1.807) is 11.0 Å². The van der Waals surface area contributed by atoms with E-state index in [1.807, 2.05) is 25.4 Å². The van der Waals surface area contributed by atoms with Crippen LogP contribution in [-0.4, -0.2) is 63.3 Å². The molecule has 0 bridgehead atoms. The van der Waals surface area contributed by atoms with E-state index in [-0.39, 0.29) is 0 Å². The zero-order valence-corrected chi connectivity index (χ0v) is 14.3. The molecule has 1 fully saturated rings. The van der Waals surface area contributed by atoms with Gasteiger partial charge >= 0.3 is 0 Å². The number of hydrogen-bond acceptors (Lipinski definition) is 5. The molecule has 24 heavy (non-hydrogen) atoms. The Morgan fingerprint density at radius 1 is 1.21 bits per heavy atom. The molecule has 0 aromatic carbocycles. The van der Waals surface area contributed by atoms with E-state index in [0.29, 0.717) is 6.54 Å². The van der Waals surface area contributed by atoms with E-state index < -0.39 is 0 Å². The Bertz CT molecular complexity index is 658. The molecule has 0 aliphatic carbocycles. The highest BCUT2D eigenvalue weighted by atomic mass is 15.4. The summed E-state index contributed by atoms with van der Waals surface area (Å²) in [6.45, 7) is 7.17. The van der Waals surface area contributed by atoms with Crippen molar-refractivity contribution in [3.8, 4) is 0 Å². The van der Waals surface area contributed by atoms with Gasteiger partial charge in [-0.15, -0.1) is 0 Å². The van der Waals surface area contributed by atoms with Gasteiger partial charge < -0.3 is 15.1 Å². The molecule has 8 nitrogen and oxygen atoms in total. The van der Waals surface area contributed by atoms with Crippen molar-refractivity contribution in [2.24, 2.45) is 12.0 Å². The summed E-state index contributed by atoms with van der Waals surface area (Å²) in [6.07, 6.45) is 3.40. The minimum absolute atomic E-state index is 0.527. The molecule has 0 atom stereocenters. The second-order valence-corrected chi connectivity index (χ2v) is 5.63. The fourth-order valence-corrected chi connectivity index (χ4v) is 2.72. The molecule has 0 radical (unpaired) electrons. The molecule has 2 aromatic heterocycles. The third-order valence-electron chi connectivity index (χ3n) is 4.06. The quantitative estimate of drug-likeness (QED) is 0.651.